The summed E-state index contributed by atoms with van der Waals surface area (Å²) in [5.41, 5.74) is 1.94. The van der Waals surface area contributed by atoms with Crippen molar-refractivity contribution in [1.82, 2.24) is 24.1 Å². The number of benzene rings is 1. The number of halogens is 3. The van der Waals surface area contributed by atoms with E-state index in [-0.39, 0.29) is 12.4 Å². The van der Waals surface area contributed by atoms with Gasteiger partial charge in [-0.25, -0.2) is 23.1 Å². The van der Waals surface area contributed by atoms with Crippen LogP contribution in [-0.4, -0.2) is 37.0 Å². The van der Waals surface area contributed by atoms with Crippen molar-refractivity contribution in [2.24, 2.45) is 0 Å². The number of ether oxygens (including phenoxy) is 1. The first kappa shape index (κ1) is 17.7. The molecule has 0 saturated carbocycles. The summed E-state index contributed by atoms with van der Waals surface area (Å²) in [6.07, 6.45) is -0.0133. The molecule has 0 aliphatic carbocycles. The van der Waals surface area contributed by atoms with E-state index in [9.17, 15) is 18.0 Å². The minimum absolute atomic E-state index is 0.0788. The SMILES string of the molecule is O=COc1cnc2ccc(-c3c(-c4ccc(F)cc4)ncn3CC(F)F)nn12. The Hall–Kier alpha value is -3.69. The fraction of sp³-hybridized carbons (Fsp3) is 0.111. The summed E-state index contributed by atoms with van der Waals surface area (Å²) in [6, 6.07) is 8.73. The molecule has 0 amide bonds. The highest BCUT2D eigenvalue weighted by atomic mass is 19.3. The maximum atomic E-state index is 13.3. The van der Waals surface area contributed by atoms with Crippen molar-refractivity contribution in [3.8, 4) is 28.5 Å². The van der Waals surface area contributed by atoms with Gasteiger partial charge in [-0.3, -0.25) is 4.79 Å². The second-order valence-electron chi connectivity index (χ2n) is 5.79. The van der Waals surface area contributed by atoms with Gasteiger partial charge in [-0.2, -0.15) is 9.61 Å². The van der Waals surface area contributed by atoms with Gasteiger partial charge in [-0.05, 0) is 36.4 Å². The smallest absolute Gasteiger partial charge is 0.299 e. The Kier molecular flexibility index (Phi) is 4.52. The molecule has 0 spiro atoms. The minimum atomic E-state index is -2.61. The minimum Gasteiger partial charge on any atom is -0.408 e. The Labute approximate surface area is 156 Å². The van der Waals surface area contributed by atoms with Gasteiger partial charge in [-0.15, -0.1) is 0 Å². The lowest BCUT2D eigenvalue weighted by molar-refractivity contribution is -0.121. The van der Waals surface area contributed by atoms with Crippen LogP contribution in [0.15, 0.2) is 48.9 Å². The summed E-state index contributed by atoms with van der Waals surface area (Å²) in [6.45, 7) is -0.354. The molecular formula is C18H12F3N5O2. The molecule has 3 heterocycles. The molecule has 0 fully saturated rings. The lowest BCUT2D eigenvalue weighted by atomic mass is 10.1. The lowest BCUT2D eigenvalue weighted by Gasteiger charge is -2.10. The highest BCUT2D eigenvalue weighted by Gasteiger charge is 2.20. The summed E-state index contributed by atoms with van der Waals surface area (Å²) in [7, 11) is 0. The van der Waals surface area contributed by atoms with E-state index in [0.717, 1.165) is 0 Å². The average Bonchev–Trinajstić information content (AvgIpc) is 3.26. The molecule has 0 bridgehead atoms. The van der Waals surface area contributed by atoms with E-state index < -0.39 is 18.8 Å². The largest absolute Gasteiger partial charge is 0.408 e. The summed E-state index contributed by atoms with van der Waals surface area (Å²) >= 11 is 0. The zero-order valence-corrected chi connectivity index (χ0v) is 14.2. The van der Waals surface area contributed by atoms with Gasteiger partial charge in [0.2, 0.25) is 5.88 Å². The van der Waals surface area contributed by atoms with Crippen LogP contribution in [-0.2, 0) is 11.3 Å². The van der Waals surface area contributed by atoms with E-state index in [0.29, 0.717) is 28.3 Å². The number of imidazole rings is 2. The summed E-state index contributed by atoms with van der Waals surface area (Å²) in [4.78, 5) is 18.9. The topological polar surface area (TPSA) is 74.3 Å². The summed E-state index contributed by atoms with van der Waals surface area (Å²) in [5.74, 6) is -0.346. The summed E-state index contributed by atoms with van der Waals surface area (Å²) in [5, 5.41) is 4.36. The Morgan fingerprint density at radius 3 is 2.61 bits per heavy atom. The molecule has 3 aromatic heterocycles. The van der Waals surface area contributed by atoms with Crippen molar-refractivity contribution in [3.63, 3.8) is 0 Å². The third-order valence-electron chi connectivity index (χ3n) is 4.03. The first-order valence-corrected chi connectivity index (χ1v) is 8.11. The van der Waals surface area contributed by atoms with Gasteiger partial charge in [0.25, 0.3) is 12.9 Å². The first-order chi connectivity index (χ1) is 13.6. The van der Waals surface area contributed by atoms with Crippen molar-refractivity contribution >= 4 is 12.1 Å². The molecule has 4 rings (SSSR count). The molecule has 0 N–H and O–H groups in total. The summed E-state index contributed by atoms with van der Waals surface area (Å²) < 4.78 is 46.8. The fourth-order valence-corrected chi connectivity index (χ4v) is 2.87. The van der Waals surface area contributed by atoms with Gasteiger partial charge in [0.05, 0.1) is 30.5 Å². The van der Waals surface area contributed by atoms with E-state index in [1.54, 1.807) is 12.1 Å². The Bertz CT molecular complexity index is 1140. The molecule has 7 nitrogen and oxygen atoms in total. The van der Waals surface area contributed by atoms with Crippen LogP contribution < -0.4 is 4.74 Å². The molecule has 0 unspecified atom stereocenters. The molecular weight excluding hydrogens is 375 g/mol. The van der Waals surface area contributed by atoms with E-state index in [1.165, 1.54) is 45.9 Å². The van der Waals surface area contributed by atoms with Crippen LogP contribution in [0.5, 0.6) is 5.88 Å². The zero-order valence-electron chi connectivity index (χ0n) is 14.2. The maximum absolute atomic E-state index is 13.3. The van der Waals surface area contributed by atoms with Gasteiger partial charge in [0, 0.05) is 5.56 Å². The molecule has 10 heteroatoms. The molecule has 142 valence electrons. The van der Waals surface area contributed by atoms with Gasteiger partial charge in [-0.1, -0.05) is 0 Å². The average molecular weight is 387 g/mol. The van der Waals surface area contributed by atoms with Gasteiger partial charge in [0.1, 0.15) is 11.5 Å². The van der Waals surface area contributed by atoms with Crippen molar-refractivity contribution in [1.29, 1.82) is 0 Å². The number of hydrogen-bond donors (Lipinski definition) is 0. The second-order valence-corrected chi connectivity index (χ2v) is 5.79. The predicted molar refractivity (Wildman–Crippen MR) is 92.3 cm³/mol. The number of carbonyl (C=O) groups excluding carboxylic acids is 1. The fourth-order valence-electron chi connectivity index (χ4n) is 2.87. The number of carbonyl (C=O) groups is 1. The molecule has 4 aromatic rings. The Morgan fingerprint density at radius 2 is 1.89 bits per heavy atom. The molecule has 0 atom stereocenters. The quantitative estimate of drug-likeness (QED) is 0.475. The highest BCUT2D eigenvalue weighted by molar-refractivity contribution is 5.77. The van der Waals surface area contributed by atoms with Crippen LogP contribution in [0.2, 0.25) is 0 Å². The molecule has 1 aromatic carbocycles. The second kappa shape index (κ2) is 7.14. The molecule has 0 radical (unpaired) electrons. The van der Waals surface area contributed by atoms with Crippen molar-refractivity contribution in [2.75, 3.05) is 0 Å². The number of fused-ring (bicyclic) bond motifs is 1. The van der Waals surface area contributed by atoms with E-state index in [4.69, 9.17) is 4.74 Å². The third kappa shape index (κ3) is 3.20. The Balaban J connectivity index is 1.90. The van der Waals surface area contributed by atoms with E-state index in [1.807, 2.05) is 0 Å². The van der Waals surface area contributed by atoms with E-state index >= 15 is 0 Å². The molecule has 28 heavy (non-hydrogen) atoms. The van der Waals surface area contributed by atoms with Crippen LogP contribution in [0.1, 0.15) is 0 Å². The molecule has 0 aliphatic heterocycles. The van der Waals surface area contributed by atoms with Crippen molar-refractivity contribution in [2.45, 2.75) is 13.0 Å². The van der Waals surface area contributed by atoms with Gasteiger partial charge < -0.3 is 9.30 Å². The van der Waals surface area contributed by atoms with Crippen LogP contribution >= 0.6 is 0 Å². The number of alkyl halides is 2. The lowest BCUT2D eigenvalue weighted by Crippen LogP contribution is -2.08. The number of aromatic nitrogens is 5. The standard InChI is InChI=1S/C18H12F3N5O2/c19-12-3-1-11(2-4-12)17-18(25(9-23-17)8-14(20)21)13-5-6-15-22-7-16(28-10-27)26(15)24-13/h1-7,9-10,14H,8H2. The van der Waals surface area contributed by atoms with Crippen molar-refractivity contribution < 1.29 is 22.7 Å². The first-order valence-electron chi connectivity index (χ1n) is 8.11. The van der Waals surface area contributed by atoms with Crippen LogP contribution in [0.4, 0.5) is 13.2 Å². The number of nitrogens with zero attached hydrogens (tertiary/aromatic N) is 5. The molecule has 0 saturated heterocycles. The number of hydrogen-bond acceptors (Lipinski definition) is 5. The number of rotatable bonds is 6. The maximum Gasteiger partial charge on any atom is 0.299 e. The van der Waals surface area contributed by atoms with Crippen LogP contribution in [0.3, 0.4) is 0 Å². The highest BCUT2D eigenvalue weighted by Crippen LogP contribution is 2.31. The Morgan fingerprint density at radius 1 is 1.11 bits per heavy atom. The van der Waals surface area contributed by atoms with Crippen molar-refractivity contribution in [3.05, 3.63) is 54.7 Å². The monoisotopic (exact) mass is 387 g/mol. The molecule has 0 aliphatic rings. The predicted octanol–water partition coefficient (Wildman–Crippen LogP) is 3.20. The third-order valence-corrected chi connectivity index (χ3v) is 4.03. The normalized spacial score (nSPS) is 11.3. The van der Waals surface area contributed by atoms with E-state index in [2.05, 4.69) is 15.1 Å². The van der Waals surface area contributed by atoms with Gasteiger partial charge >= 0.3 is 0 Å². The van der Waals surface area contributed by atoms with Crippen LogP contribution in [0, 0.1) is 5.82 Å². The zero-order chi connectivity index (χ0) is 19.7. The van der Waals surface area contributed by atoms with Crippen LogP contribution in [0.25, 0.3) is 28.3 Å². The van der Waals surface area contributed by atoms with Gasteiger partial charge in [0.15, 0.2) is 5.65 Å².